The van der Waals surface area contributed by atoms with E-state index in [4.69, 9.17) is 4.74 Å². The van der Waals surface area contributed by atoms with Crippen LogP contribution in [0.2, 0.25) is 0 Å². The first kappa shape index (κ1) is 18.1. The summed E-state index contributed by atoms with van der Waals surface area (Å²) < 4.78 is 21.3. The number of benzene rings is 2. The molecule has 5 nitrogen and oxygen atoms in total. The van der Waals surface area contributed by atoms with Gasteiger partial charge in [-0.1, -0.05) is 15.9 Å². The Bertz CT molecular complexity index is 908. The zero-order valence-corrected chi connectivity index (χ0v) is 15.8. The topological polar surface area (TPSA) is 56.1 Å². The SMILES string of the molecule is Cc1cc(NC(=O)C(C)Oc2ccc(Br)cc2)n(-c2ccc(F)cc2)n1. The molecular weight excluding hydrogens is 401 g/mol. The smallest absolute Gasteiger partial charge is 0.266 e. The van der Waals surface area contributed by atoms with Gasteiger partial charge in [0.2, 0.25) is 0 Å². The molecule has 134 valence electrons. The number of carbonyl (C=O) groups is 1. The van der Waals surface area contributed by atoms with E-state index in [1.54, 1.807) is 41.9 Å². The number of ether oxygens (including phenoxy) is 1. The van der Waals surface area contributed by atoms with E-state index in [9.17, 15) is 9.18 Å². The minimum Gasteiger partial charge on any atom is -0.481 e. The van der Waals surface area contributed by atoms with E-state index < -0.39 is 6.10 Å². The average molecular weight is 418 g/mol. The van der Waals surface area contributed by atoms with Crippen LogP contribution >= 0.6 is 15.9 Å². The molecule has 1 unspecified atom stereocenters. The number of carbonyl (C=O) groups excluding carboxylic acids is 1. The van der Waals surface area contributed by atoms with E-state index >= 15 is 0 Å². The van der Waals surface area contributed by atoms with Gasteiger partial charge in [-0.3, -0.25) is 4.79 Å². The summed E-state index contributed by atoms with van der Waals surface area (Å²) in [7, 11) is 0. The maximum Gasteiger partial charge on any atom is 0.266 e. The van der Waals surface area contributed by atoms with Crippen molar-refractivity contribution < 1.29 is 13.9 Å². The Balaban J connectivity index is 1.74. The molecule has 0 bridgehead atoms. The Morgan fingerprint density at radius 1 is 1.19 bits per heavy atom. The Labute approximate surface area is 158 Å². The molecule has 0 aliphatic carbocycles. The molecule has 1 N–H and O–H groups in total. The molecule has 1 heterocycles. The number of hydrogen-bond acceptors (Lipinski definition) is 3. The summed E-state index contributed by atoms with van der Waals surface area (Å²) in [6.07, 6.45) is -0.701. The third-order valence-electron chi connectivity index (χ3n) is 3.65. The van der Waals surface area contributed by atoms with Crippen LogP contribution in [0.5, 0.6) is 5.75 Å². The molecule has 7 heteroatoms. The van der Waals surface area contributed by atoms with Crippen molar-refractivity contribution in [3.63, 3.8) is 0 Å². The molecule has 3 aromatic rings. The number of hydrogen-bond donors (Lipinski definition) is 1. The first-order valence-corrected chi connectivity index (χ1v) is 8.77. The fourth-order valence-electron chi connectivity index (χ4n) is 2.37. The molecule has 0 aliphatic heterocycles. The van der Waals surface area contributed by atoms with Crippen molar-refractivity contribution in [2.75, 3.05) is 5.32 Å². The summed E-state index contributed by atoms with van der Waals surface area (Å²) in [5.41, 5.74) is 1.38. The van der Waals surface area contributed by atoms with Crippen LogP contribution in [0.3, 0.4) is 0 Å². The molecule has 2 aromatic carbocycles. The standard InChI is InChI=1S/C19H17BrFN3O2/c1-12-11-18(24(23-12)16-7-5-15(21)6-8-16)22-19(25)13(2)26-17-9-3-14(20)4-10-17/h3-11,13H,1-2H3,(H,22,25). The zero-order chi connectivity index (χ0) is 18.7. The second kappa shape index (κ2) is 7.70. The lowest BCUT2D eigenvalue weighted by atomic mass is 10.3. The lowest BCUT2D eigenvalue weighted by Gasteiger charge is -2.15. The van der Waals surface area contributed by atoms with Gasteiger partial charge in [0, 0.05) is 10.5 Å². The van der Waals surface area contributed by atoms with E-state index in [2.05, 4.69) is 26.3 Å². The zero-order valence-electron chi connectivity index (χ0n) is 14.2. The Morgan fingerprint density at radius 3 is 2.50 bits per heavy atom. The molecule has 0 fully saturated rings. The summed E-state index contributed by atoms with van der Waals surface area (Å²) in [5.74, 6) is 0.445. The quantitative estimate of drug-likeness (QED) is 0.665. The highest BCUT2D eigenvalue weighted by molar-refractivity contribution is 9.10. The number of nitrogens with one attached hydrogen (secondary N) is 1. The number of nitrogens with zero attached hydrogens (tertiary/aromatic N) is 2. The van der Waals surface area contributed by atoms with Gasteiger partial charge >= 0.3 is 0 Å². The van der Waals surface area contributed by atoms with Gasteiger partial charge in [-0.15, -0.1) is 0 Å². The van der Waals surface area contributed by atoms with Gasteiger partial charge in [0.25, 0.3) is 5.91 Å². The van der Waals surface area contributed by atoms with E-state index in [0.29, 0.717) is 17.3 Å². The number of aromatic nitrogens is 2. The molecule has 3 rings (SSSR count). The lowest BCUT2D eigenvalue weighted by molar-refractivity contribution is -0.122. The molecule has 0 spiro atoms. The van der Waals surface area contributed by atoms with E-state index in [-0.39, 0.29) is 11.7 Å². The Hall–Kier alpha value is -2.67. The van der Waals surface area contributed by atoms with Crippen LogP contribution in [0.25, 0.3) is 5.69 Å². The number of rotatable bonds is 5. The van der Waals surface area contributed by atoms with Gasteiger partial charge in [-0.25, -0.2) is 9.07 Å². The maximum absolute atomic E-state index is 13.1. The van der Waals surface area contributed by atoms with E-state index in [1.807, 2.05) is 19.1 Å². The van der Waals surface area contributed by atoms with Crippen molar-refractivity contribution in [3.05, 3.63) is 70.6 Å². The fraction of sp³-hybridized carbons (Fsp3) is 0.158. The van der Waals surface area contributed by atoms with Crippen molar-refractivity contribution in [2.45, 2.75) is 20.0 Å². The van der Waals surface area contributed by atoms with Crippen LogP contribution < -0.4 is 10.1 Å². The summed E-state index contributed by atoms with van der Waals surface area (Å²) in [5, 5.41) is 7.16. The first-order valence-electron chi connectivity index (χ1n) is 7.98. The maximum atomic E-state index is 13.1. The molecule has 1 aromatic heterocycles. The highest BCUT2D eigenvalue weighted by atomic mass is 79.9. The van der Waals surface area contributed by atoms with Crippen LogP contribution in [0, 0.1) is 12.7 Å². The van der Waals surface area contributed by atoms with Crippen molar-refractivity contribution in [3.8, 4) is 11.4 Å². The predicted octanol–water partition coefficient (Wildman–Crippen LogP) is 4.49. The minimum atomic E-state index is -0.701. The van der Waals surface area contributed by atoms with Crippen LogP contribution in [0.15, 0.2) is 59.1 Å². The van der Waals surface area contributed by atoms with Crippen LogP contribution in [0.1, 0.15) is 12.6 Å². The van der Waals surface area contributed by atoms with Crippen molar-refractivity contribution in [2.24, 2.45) is 0 Å². The lowest BCUT2D eigenvalue weighted by Crippen LogP contribution is -2.30. The summed E-state index contributed by atoms with van der Waals surface area (Å²) in [4.78, 5) is 12.5. The highest BCUT2D eigenvalue weighted by Gasteiger charge is 2.18. The van der Waals surface area contributed by atoms with Gasteiger partial charge in [0.1, 0.15) is 17.4 Å². The van der Waals surface area contributed by atoms with E-state index in [0.717, 1.165) is 10.2 Å². The molecule has 0 saturated heterocycles. The van der Waals surface area contributed by atoms with Gasteiger partial charge in [-0.2, -0.15) is 5.10 Å². The number of halogens is 2. The molecule has 26 heavy (non-hydrogen) atoms. The summed E-state index contributed by atoms with van der Waals surface area (Å²) >= 11 is 3.35. The van der Waals surface area contributed by atoms with Crippen LogP contribution in [-0.4, -0.2) is 21.8 Å². The normalized spacial score (nSPS) is 11.8. The third-order valence-corrected chi connectivity index (χ3v) is 4.18. The van der Waals surface area contributed by atoms with Gasteiger partial charge in [-0.05, 0) is 62.4 Å². The second-order valence-electron chi connectivity index (χ2n) is 5.76. The molecule has 0 radical (unpaired) electrons. The Kier molecular flexibility index (Phi) is 5.37. The van der Waals surface area contributed by atoms with Gasteiger partial charge < -0.3 is 10.1 Å². The summed E-state index contributed by atoms with van der Waals surface area (Å²) in [6, 6.07) is 14.9. The molecular formula is C19H17BrFN3O2. The number of amides is 1. The molecule has 0 saturated carbocycles. The number of aryl methyl sites for hydroxylation is 1. The second-order valence-corrected chi connectivity index (χ2v) is 6.68. The van der Waals surface area contributed by atoms with Crippen molar-refractivity contribution >= 4 is 27.7 Å². The van der Waals surface area contributed by atoms with Crippen molar-refractivity contribution in [1.29, 1.82) is 0 Å². The molecule has 1 atom stereocenters. The monoisotopic (exact) mass is 417 g/mol. The Morgan fingerprint density at radius 2 is 1.85 bits per heavy atom. The van der Waals surface area contributed by atoms with E-state index in [1.165, 1.54) is 12.1 Å². The van der Waals surface area contributed by atoms with Gasteiger partial charge in [0.05, 0.1) is 11.4 Å². The highest BCUT2D eigenvalue weighted by Crippen LogP contribution is 2.20. The predicted molar refractivity (Wildman–Crippen MR) is 101 cm³/mol. The first-order chi connectivity index (χ1) is 12.4. The fourth-order valence-corrected chi connectivity index (χ4v) is 2.63. The van der Waals surface area contributed by atoms with Gasteiger partial charge in [0.15, 0.2) is 6.10 Å². The average Bonchev–Trinajstić information content (AvgIpc) is 2.97. The van der Waals surface area contributed by atoms with Crippen LogP contribution in [0.4, 0.5) is 10.2 Å². The van der Waals surface area contributed by atoms with Crippen molar-refractivity contribution in [1.82, 2.24) is 9.78 Å². The molecule has 0 aliphatic rings. The largest absolute Gasteiger partial charge is 0.481 e. The molecule has 1 amide bonds. The number of anilines is 1. The minimum absolute atomic E-state index is 0.309. The third kappa shape index (κ3) is 4.29. The van der Waals surface area contributed by atoms with Crippen LogP contribution in [-0.2, 0) is 4.79 Å². The summed E-state index contributed by atoms with van der Waals surface area (Å²) in [6.45, 7) is 3.49.